The molecule has 0 amide bonds. The lowest BCUT2D eigenvalue weighted by molar-refractivity contribution is -0.132. The van der Waals surface area contributed by atoms with Crippen molar-refractivity contribution in [3.05, 3.63) is 22.7 Å². The third-order valence-electron chi connectivity index (χ3n) is 2.21. The van der Waals surface area contributed by atoms with Crippen LogP contribution in [0.5, 0.6) is 0 Å². The van der Waals surface area contributed by atoms with E-state index in [9.17, 15) is 4.79 Å². The number of hydrogen-bond acceptors (Lipinski definition) is 8. The standard InChI is InChI=1S/C5H10O5.C4H5N3O.ClH/c6-1-2-3(7)4(8)5(9)10-2;5-3-1-2-6-4(8)7-3;/h2-9H,1H2;1-2H,(H3,5,6,7,8);1H/t2-,3-,4+,5?;;/m1../s1. The molecular formula is C9H16ClN3O6. The summed E-state index contributed by atoms with van der Waals surface area (Å²) in [6.45, 7) is -0.407. The molecule has 1 fully saturated rings. The van der Waals surface area contributed by atoms with E-state index in [4.69, 9.17) is 26.2 Å². The summed E-state index contributed by atoms with van der Waals surface area (Å²) in [5.74, 6) is 0.244. The first-order valence-corrected chi connectivity index (χ1v) is 5.07. The van der Waals surface area contributed by atoms with Crippen molar-refractivity contribution in [3.8, 4) is 0 Å². The number of aromatic nitrogens is 2. The van der Waals surface area contributed by atoms with Crippen molar-refractivity contribution in [1.29, 1.82) is 0 Å². The molecule has 0 bridgehead atoms. The highest BCUT2D eigenvalue weighted by atomic mass is 35.5. The highest BCUT2D eigenvalue weighted by Crippen LogP contribution is 2.18. The first kappa shape index (κ1) is 17.8. The van der Waals surface area contributed by atoms with Crippen molar-refractivity contribution in [2.24, 2.45) is 0 Å². The van der Waals surface area contributed by atoms with Crippen LogP contribution in [0.4, 0.5) is 5.82 Å². The largest absolute Gasteiger partial charge is 0.394 e. The Kier molecular flexibility index (Phi) is 7.52. The van der Waals surface area contributed by atoms with E-state index < -0.39 is 36.9 Å². The van der Waals surface area contributed by atoms with Gasteiger partial charge in [-0.05, 0) is 6.07 Å². The minimum absolute atomic E-state index is 0. The molecular weight excluding hydrogens is 282 g/mol. The second-order valence-electron chi connectivity index (χ2n) is 3.55. The number of nitrogens with two attached hydrogens (primary N) is 1. The van der Waals surface area contributed by atoms with Crippen molar-refractivity contribution in [1.82, 2.24) is 9.97 Å². The highest BCUT2D eigenvalue weighted by Gasteiger charge is 2.41. The molecule has 1 aliphatic rings. The zero-order chi connectivity index (χ0) is 13.7. The van der Waals surface area contributed by atoms with Crippen molar-refractivity contribution in [2.45, 2.75) is 24.6 Å². The number of aliphatic hydroxyl groups is 4. The number of H-pyrrole nitrogens is 1. The van der Waals surface area contributed by atoms with Crippen molar-refractivity contribution in [3.63, 3.8) is 0 Å². The molecule has 10 heteroatoms. The Labute approximate surface area is 114 Å². The minimum atomic E-state index is -1.38. The van der Waals surface area contributed by atoms with E-state index in [2.05, 4.69) is 14.7 Å². The zero-order valence-electron chi connectivity index (χ0n) is 9.71. The third kappa shape index (κ3) is 5.11. The zero-order valence-corrected chi connectivity index (χ0v) is 10.5. The summed E-state index contributed by atoms with van der Waals surface area (Å²) in [6.07, 6.45) is -3.31. The van der Waals surface area contributed by atoms with Crippen molar-refractivity contribution < 1.29 is 25.2 Å². The van der Waals surface area contributed by atoms with Crippen molar-refractivity contribution >= 4 is 18.2 Å². The smallest absolute Gasteiger partial charge is 0.346 e. The van der Waals surface area contributed by atoms with E-state index in [0.29, 0.717) is 0 Å². The van der Waals surface area contributed by atoms with E-state index in [-0.39, 0.29) is 18.2 Å². The van der Waals surface area contributed by atoms with Crippen LogP contribution in [0, 0.1) is 0 Å². The molecule has 19 heavy (non-hydrogen) atoms. The molecule has 1 aromatic rings. The maximum atomic E-state index is 10.2. The maximum Gasteiger partial charge on any atom is 0.346 e. The number of rotatable bonds is 1. The first-order valence-electron chi connectivity index (χ1n) is 5.07. The molecule has 0 radical (unpaired) electrons. The van der Waals surface area contributed by atoms with Crippen molar-refractivity contribution in [2.75, 3.05) is 12.3 Å². The number of nitrogens with zero attached hydrogens (tertiary/aromatic N) is 1. The fourth-order valence-electron chi connectivity index (χ4n) is 1.26. The summed E-state index contributed by atoms with van der Waals surface area (Å²) in [4.78, 5) is 15.9. The second-order valence-corrected chi connectivity index (χ2v) is 3.55. The fourth-order valence-corrected chi connectivity index (χ4v) is 1.26. The number of hydrogen-bond donors (Lipinski definition) is 6. The third-order valence-corrected chi connectivity index (χ3v) is 2.21. The van der Waals surface area contributed by atoms with E-state index in [1.807, 2.05) is 0 Å². The van der Waals surface area contributed by atoms with E-state index >= 15 is 0 Å². The van der Waals surface area contributed by atoms with Gasteiger partial charge in [0.15, 0.2) is 6.29 Å². The summed E-state index contributed by atoms with van der Waals surface area (Å²) in [5.41, 5.74) is 4.72. The van der Waals surface area contributed by atoms with Gasteiger partial charge in [0.1, 0.15) is 24.1 Å². The van der Waals surface area contributed by atoms with Gasteiger partial charge in [-0.1, -0.05) is 0 Å². The molecule has 1 aliphatic heterocycles. The van der Waals surface area contributed by atoms with Crippen LogP contribution >= 0.6 is 12.4 Å². The average Bonchev–Trinajstić information content (AvgIpc) is 2.57. The molecule has 7 N–H and O–H groups in total. The number of halogens is 1. The SMILES string of the molecule is Cl.Nc1cc[nH]c(=O)n1.OC[C@H]1OC(O)[C@@H](O)[C@@H]1O. The summed E-state index contributed by atoms with van der Waals surface area (Å²) in [6, 6.07) is 1.52. The molecule has 1 saturated heterocycles. The predicted molar refractivity (Wildman–Crippen MR) is 66.5 cm³/mol. The van der Waals surface area contributed by atoms with Gasteiger partial charge >= 0.3 is 5.69 Å². The number of anilines is 1. The summed E-state index contributed by atoms with van der Waals surface area (Å²) in [5, 5.41) is 35.0. The Morgan fingerprint density at radius 1 is 1.37 bits per heavy atom. The van der Waals surface area contributed by atoms with Crippen LogP contribution in [0.25, 0.3) is 0 Å². The molecule has 0 aliphatic carbocycles. The topological polar surface area (TPSA) is 162 Å². The second kappa shape index (κ2) is 8.04. The molecule has 0 saturated carbocycles. The van der Waals surface area contributed by atoms with Gasteiger partial charge in [0.05, 0.1) is 6.61 Å². The summed E-state index contributed by atoms with van der Waals surface area (Å²) in [7, 11) is 0. The Balaban J connectivity index is 0.000000331. The predicted octanol–water partition coefficient (Wildman–Crippen LogP) is -2.81. The summed E-state index contributed by atoms with van der Waals surface area (Å²) < 4.78 is 4.54. The lowest BCUT2D eigenvalue weighted by atomic mass is 10.1. The van der Waals surface area contributed by atoms with Crippen LogP contribution in [-0.2, 0) is 4.74 Å². The molecule has 1 unspecified atom stereocenters. The molecule has 0 aromatic carbocycles. The number of aliphatic hydroxyl groups excluding tert-OH is 4. The van der Waals surface area contributed by atoms with Gasteiger partial charge in [-0.2, -0.15) is 4.98 Å². The lowest BCUT2D eigenvalue weighted by Crippen LogP contribution is -2.33. The number of ether oxygens (including phenoxy) is 1. The fraction of sp³-hybridized carbons (Fsp3) is 0.556. The van der Waals surface area contributed by atoms with Crippen LogP contribution in [0.15, 0.2) is 17.1 Å². The lowest BCUT2D eigenvalue weighted by Gasteiger charge is -2.09. The van der Waals surface area contributed by atoms with Gasteiger partial charge in [0, 0.05) is 6.20 Å². The van der Waals surface area contributed by atoms with Gasteiger partial charge in [0.25, 0.3) is 0 Å². The van der Waals surface area contributed by atoms with E-state index in [0.717, 1.165) is 0 Å². The Morgan fingerprint density at radius 3 is 2.26 bits per heavy atom. The van der Waals surface area contributed by atoms with Crippen LogP contribution in [-0.4, -0.2) is 61.6 Å². The van der Waals surface area contributed by atoms with Crippen LogP contribution in [0.1, 0.15) is 0 Å². The normalized spacial score (nSPS) is 29.1. The highest BCUT2D eigenvalue weighted by molar-refractivity contribution is 5.85. The molecule has 2 heterocycles. The van der Waals surface area contributed by atoms with Gasteiger partial charge in [0.2, 0.25) is 0 Å². The number of nitrogen functional groups attached to an aromatic ring is 1. The molecule has 2 rings (SSSR count). The van der Waals surface area contributed by atoms with Gasteiger partial charge in [-0.15, -0.1) is 12.4 Å². The Bertz CT molecular complexity index is 430. The van der Waals surface area contributed by atoms with E-state index in [1.54, 1.807) is 0 Å². The number of nitrogens with one attached hydrogen (secondary N) is 1. The van der Waals surface area contributed by atoms with Crippen LogP contribution in [0.2, 0.25) is 0 Å². The molecule has 4 atom stereocenters. The Morgan fingerprint density at radius 2 is 2.00 bits per heavy atom. The molecule has 110 valence electrons. The van der Waals surface area contributed by atoms with Gasteiger partial charge < -0.3 is 35.9 Å². The maximum absolute atomic E-state index is 10.2. The quantitative estimate of drug-likeness (QED) is 0.323. The van der Waals surface area contributed by atoms with E-state index in [1.165, 1.54) is 12.3 Å². The van der Waals surface area contributed by atoms with Crippen LogP contribution in [0.3, 0.4) is 0 Å². The monoisotopic (exact) mass is 297 g/mol. The molecule has 1 aromatic heterocycles. The average molecular weight is 298 g/mol. The minimum Gasteiger partial charge on any atom is -0.394 e. The number of aromatic amines is 1. The first-order chi connectivity index (χ1) is 8.45. The summed E-state index contributed by atoms with van der Waals surface area (Å²) >= 11 is 0. The van der Waals surface area contributed by atoms with Crippen LogP contribution < -0.4 is 11.4 Å². The molecule has 0 spiro atoms. The van der Waals surface area contributed by atoms with Gasteiger partial charge in [-0.3, -0.25) is 0 Å². The van der Waals surface area contributed by atoms with Gasteiger partial charge in [-0.25, -0.2) is 4.79 Å². The Hall–Kier alpha value is -1.23. The molecule has 9 nitrogen and oxygen atoms in total.